The van der Waals surface area contributed by atoms with E-state index < -0.39 is 14.1 Å². The molecule has 0 aliphatic heterocycles. The van der Waals surface area contributed by atoms with Crippen LogP contribution in [0.3, 0.4) is 0 Å². The van der Waals surface area contributed by atoms with E-state index >= 15 is 0 Å². The molecule has 10 heteroatoms. The van der Waals surface area contributed by atoms with Gasteiger partial charge in [0, 0.05) is 27.4 Å². The second kappa shape index (κ2) is 10.4. The summed E-state index contributed by atoms with van der Waals surface area (Å²) in [5.41, 5.74) is 5.36. The maximum Gasteiger partial charge on any atom is 0.500 e. The fourth-order valence-corrected chi connectivity index (χ4v) is 2.62. The van der Waals surface area contributed by atoms with E-state index in [1.807, 2.05) is 0 Å². The first-order valence-electron chi connectivity index (χ1n) is 4.35. The van der Waals surface area contributed by atoms with Gasteiger partial charge >= 0.3 is 14.1 Å². The number of hydrogen-bond donors (Lipinski definition) is 1. The molecule has 2 N–H and O–H groups in total. The highest BCUT2D eigenvalue weighted by Gasteiger charge is 2.36. The molecule has 0 heterocycles. The second-order valence-corrected chi connectivity index (χ2v) is 16.8. The fourth-order valence-electron chi connectivity index (χ4n) is 0.875. The van der Waals surface area contributed by atoms with Crippen molar-refractivity contribution in [3.63, 3.8) is 0 Å². The maximum atomic E-state index is 5.36. The van der Waals surface area contributed by atoms with E-state index in [2.05, 4.69) is 0 Å². The van der Waals surface area contributed by atoms with Crippen LogP contribution in [0.25, 0.3) is 0 Å². The second-order valence-electron chi connectivity index (χ2n) is 2.62. The molecule has 0 aromatic rings. The van der Waals surface area contributed by atoms with E-state index in [0.717, 1.165) is 12.5 Å². The Balaban J connectivity index is 0. The Kier molecular flexibility index (Phi) is 12.8. The molecular weight excluding hydrogens is 332 g/mol. The standard InChI is InChI=1S/C6H17NO3Si.Cl4Si/c1-8-11(9-2,10-3)6-4-5-7;1-5(2,3)4/h4-7H2,1-3H3;. The van der Waals surface area contributed by atoms with Crippen LogP contribution in [0.5, 0.6) is 0 Å². The summed E-state index contributed by atoms with van der Waals surface area (Å²) < 4.78 is 15.5. The summed E-state index contributed by atoms with van der Waals surface area (Å²) in [5, 5.41) is -2.72. The van der Waals surface area contributed by atoms with Crippen LogP contribution in [0.4, 0.5) is 0 Å². The van der Waals surface area contributed by atoms with Crippen LogP contribution in [0.15, 0.2) is 0 Å². The van der Waals surface area contributed by atoms with Gasteiger partial charge in [-0.1, -0.05) is 0 Å². The summed E-state index contributed by atoms with van der Waals surface area (Å²) in [6.07, 6.45) is 0.877. The Morgan fingerprint density at radius 1 is 0.938 bits per heavy atom. The molecule has 0 aromatic heterocycles. The highest BCUT2D eigenvalue weighted by Crippen LogP contribution is 2.23. The van der Waals surface area contributed by atoms with Crippen molar-refractivity contribution in [1.29, 1.82) is 0 Å². The molecule has 0 atom stereocenters. The van der Waals surface area contributed by atoms with E-state index in [1.54, 1.807) is 21.3 Å². The minimum atomic E-state index is -2.72. The lowest BCUT2D eigenvalue weighted by Gasteiger charge is -2.23. The quantitative estimate of drug-likeness (QED) is 0.592. The Bertz CT molecular complexity index is 154. The molecular formula is C6H17Cl4NO3Si2. The van der Waals surface area contributed by atoms with Gasteiger partial charge in [-0.25, -0.2) is 0 Å². The van der Waals surface area contributed by atoms with Crippen LogP contribution in [-0.4, -0.2) is 42.0 Å². The zero-order valence-corrected chi connectivity index (χ0v) is 14.5. The minimum absolute atomic E-state index is 0.644. The molecule has 0 aliphatic rings. The number of nitrogens with two attached hydrogens (primary N) is 1. The highest BCUT2D eigenvalue weighted by molar-refractivity contribution is 7.81. The van der Waals surface area contributed by atoms with Crippen LogP contribution in [0.2, 0.25) is 6.04 Å². The fraction of sp³-hybridized carbons (Fsp3) is 1.00. The van der Waals surface area contributed by atoms with Crippen LogP contribution in [-0.2, 0) is 13.3 Å². The SMILES string of the molecule is CO[Si](CCCN)(OC)OC.Cl[Si](Cl)(Cl)Cl. The third-order valence-corrected chi connectivity index (χ3v) is 4.45. The van der Waals surface area contributed by atoms with Gasteiger partial charge in [-0.15, -0.1) is 44.3 Å². The van der Waals surface area contributed by atoms with Crippen molar-refractivity contribution in [3.8, 4) is 0 Å². The van der Waals surface area contributed by atoms with Gasteiger partial charge in [-0.05, 0) is 13.0 Å². The van der Waals surface area contributed by atoms with Crippen molar-refractivity contribution in [1.82, 2.24) is 0 Å². The van der Waals surface area contributed by atoms with Crippen molar-refractivity contribution >= 4 is 58.4 Å². The monoisotopic (exact) mass is 347 g/mol. The van der Waals surface area contributed by atoms with Crippen molar-refractivity contribution in [2.75, 3.05) is 27.9 Å². The summed E-state index contributed by atoms with van der Waals surface area (Å²) >= 11 is 19.9. The molecule has 0 rings (SSSR count). The van der Waals surface area contributed by atoms with Gasteiger partial charge in [-0.2, -0.15) is 0 Å². The van der Waals surface area contributed by atoms with Crippen LogP contribution >= 0.6 is 44.3 Å². The lowest BCUT2D eigenvalue weighted by Crippen LogP contribution is -2.42. The van der Waals surface area contributed by atoms with Gasteiger partial charge in [0.15, 0.2) is 0 Å². The Morgan fingerprint density at radius 3 is 1.44 bits per heavy atom. The van der Waals surface area contributed by atoms with Crippen LogP contribution < -0.4 is 5.73 Å². The molecule has 0 radical (unpaired) electrons. The van der Waals surface area contributed by atoms with E-state index in [0.29, 0.717) is 6.54 Å². The van der Waals surface area contributed by atoms with E-state index in [-0.39, 0.29) is 0 Å². The van der Waals surface area contributed by atoms with Crippen molar-refractivity contribution < 1.29 is 13.3 Å². The molecule has 16 heavy (non-hydrogen) atoms. The van der Waals surface area contributed by atoms with Gasteiger partial charge < -0.3 is 19.0 Å². The molecule has 4 nitrogen and oxygen atoms in total. The molecule has 0 fully saturated rings. The number of halogens is 4. The summed E-state index contributed by atoms with van der Waals surface area (Å²) in [5.74, 6) is 0. The lowest BCUT2D eigenvalue weighted by atomic mass is 10.5. The third-order valence-electron chi connectivity index (χ3n) is 1.62. The molecule has 0 saturated heterocycles. The van der Waals surface area contributed by atoms with Crippen molar-refractivity contribution in [2.45, 2.75) is 12.5 Å². The van der Waals surface area contributed by atoms with Gasteiger partial charge in [0.2, 0.25) is 0 Å². The lowest BCUT2D eigenvalue weighted by molar-refractivity contribution is 0.123. The molecule has 0 amide bonds. The predicted octanol–water partition coefficient (Wildman–Crippen LogP) is 2.59. The maximum absolute atomic E-state index is 5.36. The zero-order valence-electron chi connectivity index (χ0n) is 9.44. The average Bonchev–Trinajstić information content (AvgIpc) is 2.19. The summed E-state index contributed by atoms with van der Waals surface area (Å²) in [4.78, 5) is 0. The normalized spacial score (nSPS) is 12.0. The molecule has 0 saturated carbocycles. The van der Waals surface area contributed by atoms with Gasteiger partial charge in [-0.3, -0.25) is 0 Å². The Labute approximate surface area is 117 Å². The zero-order chi connectivity index (χ0) is 13.2. The van der Waals surface area contributed by atoms with Crippen LogP contribution in [0.1, 0.15) is 6.42 Å². The molecule has 0 bridgehead atoms. The summed E-state index contributed by atoms with van der Waals surface area (Å²) in [6, 6.07) is 0.785. The number of rotatable bonds is 6. The first-order chi connectivity index (χ1) is 7.24. The molecule has 100 valence electrons. The van der Waals surface area contributed by atoms with E-state index in [1.165, 1.54) is 0 Å². The van der Waals surface area contributed by atoms with Crippen LogP contribution in [0, 0.1) is 0 Å². The molecule has 0 unspecified atom stereocenters. The van der Waals surface area contributed by atoms with Gasteiger partial charge in [0.05, 0.1) is 0 Å². The highest BCUT2D eigenvalue weighted by atomic mass is 36.0. The van der Waals surface area contributed by atoms with E-state index in [9.17, 15) is 0 Å². The average molecular weight is 349 g/mol. The first kappa shape index (κ1) is 19.8. The summed E-state index contributed by atoms with van der Waals surface area (Å²) in [6.45, 7) is 0.644. The first-order valence-corrected chi connectivity index (χ1v) is 12.3. The van der Waals surface area contributed by atoms with Crippen molar-refractivity contribution in [3.05, 3.63) is 0 Å². The Hall–Kier alpha value is 1.43. The molecule has 0 aromatic carbocycles. The molecule has 0 spiro atoms. The topological polar surface area (TPSA) is 53.7 Å². The molecule has 0 aliphatic carbocycles. The van der Waals surface area contributed by atoms with Gasteiger partial charge in [0.25, 0.3) is 0 Å². The smallest absolute Gasteiger partial charge is 0.377 e. The van der Waals surface area contributed by atoms with E-state index in [4.69, 9.17) is 63.3 Å². The minimum Gasteiger partial charge on any atom is -0.377 e. The van der Waals surface area contributed by atoms with Gasteiger partial charge in [0.1, 0.15) is 0 Å². The Morgan fingerprint density at radius 2 is 1.25 bits per heavy atom. The number of hydrogen-bond acceptors (Lipinski definition) is 4. The predicted molar refractivity (Wildman–Crippen MR) is 74.4 cm³/mol. The van der Waals surface area contributed by atoms with Crippen molar-refractivity contribution in [2.24, 2.45) is 5.73 Å². The largest absolute Gasteiger partial charge is 0.500 e. The summed E-state index contributed by atoms with van der Waals surface area (Å²) in [7, 11) is 2.50. The third kappa shape index (κ3) is 13.5.